The summed E-state index contributed by atoms with van der Waals surface area (Å²) >= 11 is 0. The van der Waals surface area contributed by atoms with Crippen LogP contribution in [0.2, 0.25) is 0 Å². The molecular formula is C60H119O12P. The summed E-state index contributed by atoms with van der Waals surface area (Å²) < 4.78 is 34.4. The highest BCUT2D eigenvalue weighted by Crippen LogP contribution is 2.47. The van der Waals surface area contributed by atoms with Crippen LogP contribution in [0.1, 0.15) is 316 Å². The van der Waals surface area contributed by atoms with Gasteiger partial charge in [-0.1, -0.05) is 296 Å². The number of phosphoric ester groups is 1. The quantitative estimate of drug-likeness (QED) is 0.0192. The van der Waals surface area contributed by atoms with Crippen molar-refractivity contribution < 1.29 is 58.3 Å². The first kappa shape index (κ1) is 70.4. The zero-order valence-corrected chi connectivity index (χ0v) is 48.4. The van der Waals surface area contributed by atoms with Gasteiger partial charge in [-0.2, -0.15) is 0 Å². The molecule has 1 aliphatic carbocycles. The number of rotatable bonds is 56. The average molecular weight is 1060 g/mol. The lowest BCUT2D eigenvalue weighted by Crippen LogP contribution is -2.64. The van der Waals surface area contributed by atoms with Crippen LogP contribution in [-0.4, -0.2) is 98.9 Å². The molecule has 0 bridgehead atoms. The van der Waals surface area contributed by atoms with Crippen molar-refractivity contribution in [1.82, 2.24) is 0 Å². The Balaban J connectivity index is 2.17. The Morgan fingerprint density at radius 3 is 0.945 bits per heavy atom. The molecule has 0 spiro atoms. The second-order valence-electron chi connectivity index (χ2n) is 22.3. The van der Waals surface area contributed by atoms with E-state index in [0.717, 1.165) is 38.5 Å². The molecule has 1 saturated carbocycles. The minimum absolute atomic E-state index is 0.0671. The Morgan fingerprint density at radius 1 is 0.384 bits per heavy atom. The fourth-order valence-corrected chi connectivity index (χ4v) is 11.3. The second kappa shape index (κ2) is 50.8. The number of esters is 1. The number of aliphatic hydroxyl groups excluding tert-OH is 5. The zero-order chi connectivity index (χ0) is 53.3. The van der Waals surface area contributed by atoms with E-state index in [1.54, 1.807) is 0 Å². The van der Waals surface area contributed by atoms with Crippen LogP contribution < -0.4 is 0 Å². The predicted octanol–water partition coefficient (Wildman–Crippen LogP) is 15.6. The maximum absolute atomic E-state index is 12.9. The lowest BCUT2D eigenvalue weighted by Gasteiger charge is -2.41. The van der Waals surface area contributed by atoms with Crippen molar-refractivity contribution in [2.75, 3.05) is 19.8 Å². The van der Waals surface area contributed by atoms with E-state index < -0.39 is 63.1 Å². The molecule has 0 saturated heterocycles. The van der Waals surface area contributed by atoms with Gasteiger partial charge in [0, 0.05) is 13.0 Å². The zero-order valence-electron chi connectivity index (χ0n) is 47.5. The van der Waals surface area contributed by atoms with Crippen molar-refractivity contribution in [1.29, 1.82) is 0 Å². The average Bonchev–Trinajstić information content (AvgIpc) is 3.38. The molecule has 73 heavy (non-hydrogen) atoms. The minimum Gasteiger partial charge on any atom is -0.457 e. The third-order valence-corrected chi connectivity index (χ3v) is 16.2. The van der Waals surface area contributed by atoms with Gasteiger partial charge >= 0.3 is 13.8 Å². The first-order chi connectivity index (χ1) is 35.5. The van der Waals surface area contributed by atoms with Gasteiger partial charge in [-0.3, -0.25) is 13.8 Å². The molecule has 13 heteroatoms. The molecule has 6 unspecified atom stereocenters. The van der Waals surface area contributed by atoms with E-state index in [0.29, 0.717) is 13.0 Å². The predicted molar refractivity (Wildman–Crippen MR) is 300 cm³/mol. The Bertz CT molecular complexity index is 1210. The van der Waals surface area contributed by atoms with Gasteiger partial charge in [-0.15, -0.1) is 0 Å². The van der Waals surface area contributed by atoms with E-state index in [1.807, 2.05) is 0 Å². The smallest absolute Gasteiger partial charge is 0.457 e. The Kier molecular flexibility index (Phi) is 49.0. The summed E-state index contributed by atoms with van der Waals surface area (Å²) in [7, 11) is -5.02. The van der Waals surface area contributed by atoms with Crippen LogP contribution in [0.3, 0.4) is 0 Å². The molecule has 0 aromatic rings. The number of hydrogen-bond acceptors (Lipinski definition) is 11. The molecule has 436 valence electrons. The first-order valence-corrected chi connectivity index (χ1v) is 32.9. The number of carbonyl (C=O) groups excluding carboxylic acids is 1. The molecule has 0 aromatic carbocycles. The highest BCUT2D eigenvalue weighted by molar-refractivity contribution is 7.47. The van der Waals surface area contributed by atoms with Gasteiger partial charge in [0.2, 0.25) is 0 Å². The lowest BCUT2D eigenvalue weighted by atomic mass is 9.85. The highest BCUT2D eigenvalue weighted by atomic mass is 31.2. The van der Waals surface area contributed by atoms with Gasteiger partial charge in [0.15, 0.2) is 0 Å². The molecule has 1 fully saturated rings. The lowest BCUT2D eigenvalue weighted by molar-refractivity contribution is -0.220. The van der Waals surface area contributed by atoms with Gasteiger partial charge in [0.1, 0.15) is 42.7 Å². The van der Waals surface area contributed by atoms with Gasteiger partial charge in [-0.25, -0.2) is 4.57 Å². The van der Waals surface area contributed by atoms with Crippen LogP contribution in [0, 0.1) is 0 Å². The SMILES string of the molecule is CCCCCCCCCCCCCCCCCCCCCCCCCCCCCCCCC(=O)O[C@H](COCCCCCCCCCCCCCCCCCC)COP(=O)(O)OC1C(O)C(O)C(O)[C@@H](O)C1O. The first-order valence-electron chi connectivity index (χ1n) is 31.4. The fraction of sp³-hybridized carbons (Fsp3) is 0.983. The third-order valence-electron chi connectivity index (χ3n) is 15.2. The van der Waals surface area contributed by atoms with Gasteiger partial charge in [0.25, 0.3) is 0 Å². The minimum atomic E-state index is -5.02. The van der Waals surface area contributed by atoms with Crippen LogP contribution in [0.4, 0.5) is 0 Å². The maximum atomic E-state index is 12.9. The van der Waals surface area contributed by atoms with Crippen LogP contribution >= 0.6 is 7.82 Å². The summed E-state index contributed by atoms with van der Waals surface area (Å²) in [6, 6.07) is 0. The van der Waals surface area contributed by atoms with Gasteiger partial charge in [0.05, 0.1) is 13.2 Å². The summed E-state index contributed by atoms with van der Waals surface area (Å²) in [4.78, 5) is 23.3. The number of ether oxygens (including phenoxy) is 2. The topological polar surface area (TPSA) is 192 Å². The van der Waals surface area contributed by atoms with Crippen LogP contribution in [0.15, 0.2) is 0 Å². The molecule has 8 atom stereocenters. The Labute approximate surface area is 448 Å². The molecule has 0 aromatic heterocycles. The summed E-state index contributed by atoms with van der Waals surface area (Å²) in [5.41, 5.74) is 0. The van der Waals surface area contributed by atoms with E-state index >= 15 is 0 Å². The van der Waals surface area contributed by atoms with Crippen LogP contribution in [0.25, 0.3) is 0 Å². The highest BCUT2D eigenvalue weighted by Gasteiger charge is 2.51. The summed E-state index contributed by atoms with van der Waals surface area (Å²) in [6.07, 6.45) is 47.7. The third kappa shape index (κ3) is 42.0. The van der Waals surface area contributed by atoms with E-state index in [1.165, 1.54) is 250 Å². The summed E-state index contributed by atoms with van der Waals surface area (Å²) in [5, 5.41) is 50.5. The van der Waals surface area contributed by atoms with Crippen molar-refractivity contribution in [3.05, 3.63) is 0 Å². The van der Waals surface area contributed by atoms with Gasteiger partial charge in [-0.05, 0) is 12.8 Å². The number of unbranched alkanes of at least 4 members (excludes halogenated alkanes) is 44. The normalized spacial score (nSPS) is 20.4. The van der Waals surface area contributed by atoms with Crippen molar-refractivity contribution in [3.8, 4) is 0 Å². The van der Waals surface area contributed by atoms with Crippen molar-refractivity contribution in [2.24, 2.45) is 0 Å². The molecular weight excluding hydrogens is 944 g/mol. The standard InChI is InChI=1S/C60H119O12P/c1-3-5-7-9-11-13-15-17-19-21-22-23-24-25-26-27-28-29-30-31-32-33-34-35-37-39-41-43-45-47-49-54(61)71-53(52-70-73(67,68)72-60-58(65)56(63)55(62)57(64)59(60)66)51-69-50-48-46-44-42-40-38-36-20-18-16-14-12-10-8-6-4-2/h53,55-60,62-66H,3-52H2,1-2H3,(H,67,68)/t53-,55?,56-,57?,58?,59?,60?/m1/s1. The molecule has 0 aliphatic heterocycles. The van der Waals surface area contributed by atoms with Gasteiger partial charge < -0.3 is 39.9 Å². The Hall–Kier alpha value is -0.660. The summed E-state index contributed by atoms with van der Waals surface area (Å²) in [5.74, 6) is -0.466. The maximum Gasteiger partial charge on any atom is 0.472 e. The fourth-order valence-electron chi connectivity index (χ4n) is 10.3. The number of carbonyl (C=O) groups is 1. The molecule has 1 aliphatic rings. The van der Waals surface area contributed by atoms with E-state index in [2.05, 4.69) is 13.8 Å². The molecule has 6 N–H and O–H groups in total. The molecule has 0 radical (unpaired) electrons. The molecule has 0 amide bonds. The van der Waals surface area contributed by atoms with Crippen molar-refractivity contribution in [3.63, 3.8) is 0 Å². The van der Waals surface area contributed by atoms with E-state index in [9.17, 15) is 39.8 Å². The van der Waals surface area contributed by atoms with Crippen molar-refractivity contribution >= 4 is 13.8 Å². The number of hydrogen-bond donors (Lipinski definition) is 6. The molecule has 1 rings (SSSR count). The summed E-state index contributed by atoms with van der Waals surface area (Å²) in [6.45, 7) is 4.35. The molecule has 0 heterocycles. The largest absolute Gasteiger partial charge is 0.472 e. The van der Waals surface area contributed by atoms with Crippen molar-refractivity contribution in [2.45, 2.75) is 358 Å². The van der Waals surface area contributed by atoms with Crippen LogP contribution in [0.5, 0.6) is 0 Å². The number of aliphatic hydroxyl groups is 5. The van der Waals surface area contributed by atoms with Crippen LogP contribution in [-0.2, 0) is 27.9 Å². The van der Waals surface area contributed by atoms with E-state index in [-0.39, 0.29) is 13.0 Å². The number of phosphoric acid groups is 1. The Morgan fingerprint density at radius 2 is 0.644 bits per heavy atom. The monoisotopic (exact) mass is 1060 g/mol. The second-order valence-corrected chi connectivity index (χ2v) is 23.7. The molecule has 12 nitrogen and oxygen atoms in total. The van der Waals surface area contributed by atoms with E-state index in [4.69, 9.17) is 18.5 Å².